The summed E-state index contributed by atoms with van der Waals surface area (Å²) >= 11 is 0. The molecule has 174 valence electrons. The van der Waals surface area contributed by atoms with Crippen molar-refractivity contribution in [1.82, 2.24) is 5.32 Å². The molecule has 0 spiro atoms. The van der Waals surface area contributed by atoms with Gasteiger partial charge in [0.1, 0.15) is 14.1 Å². The summed E-state index contributed by atoms with van der Waals surface area (Å²) in [5.74, 6) is 0.0656. The fourth-order valence-corrected chi connectivity index (χ4v) is 3.98. The number of carbonyl (C=O) groups excluding carboxylic acids is 1. The lowest BCUT2D eigenvalue weighted by Gasteiger charge is -2.40. The van der Waals surface area contributed by atoms with E-state index in [-0.39, 0.29) is 10.6 Å². The highest BCUT2D eigenvalue weighted by atomic mass is 16.5. The SMILES string of the molecule is CCCCCCCCCCCCCCCCCC(=O)N[C@](C)(CCC)[N+](C)(C)O. The average molecular weight is 414 g/mol. The predicted molar refractivity (Wildman–Crippen MR) is 125 cm³/mol. The molecule has 0 aliphatic rings. The molecule has 0 heterocycles. The van der Waals surface area contributed by atoms with Crippen LogP contribution in [0.5, 0.6) is 0 Å². The Morgan fingerprint density at radius 1 is 0.724 bits per heavy atom. The minimum Gasteiger partial charge on any atom is -0.302 e. The molecular weight excluding hydrogens is 360 g/mol. The number of rotatable bonds is 20. The van der Waals surface area contributed by atoms with E-state index in [0.29, 0.717) is 6.42 Å². The summed E-state index contributed by atoms with van der Waals surface area (Å²) < 4.78 is -0.231. The minimum atomic E-state index is -0.610. The molecule has 0 radical (unpaired) electrons. The fourth-order valence-electron chi connectivity index (χ4n) is 3.98. The number of hydrogen-bond donors (Lipinski definition) is 2. The van der Waals surface area contributed by atoms with Gasteiger partial charge in [0.15, 0.2) is 0 Å². The third-order valence-corrected chi connectivity index (χ3v) is 6.36. The summed E-state index contributed by atoms with van der Waals surface area (Å²) in [6, 6.07) is 0. The van der Waals surface area contributed by atoms with Gasteiger partial charge in [-0.1, -0.05) is 104 Å². The molecule has 0 rings (SSSR count). The summed E-state index contributed by atoms with van der Waals surface area (Å²) in [4.78, 5) is 12.3. The van der Waals surface area contributed by atoms with Crippen molar-refractivity contribution < 1.29 is 14.6 Å². The molecule has 0 fully saturated rings. The molecule has 0 saturated carbocycles. The fraction of sp³-hybridized carbons (Fsp3) is 0.960. The van der Waals surface area contributed by atoms with Crippen LogP contribution in [0.4, 0.5) is 0 Å². The summed E-state index contributed by atoms with van der Waals surface area (Å²) in [6.45, 7) is 6.29. The Kier molecular flexibility index (Phi) is 16.7. The lowest BCUT2D eigenvalue weighted by molar-refractivity contribution is -1.11. The molecule has 4 heteroatoms. The first kappa shape index (κ1) is 28.4. The monoisotopic (exact) mass is 413 g/mol. The zero-order valence-electron chi connectivity index (χ0n) is 20.5. The van der Waals surface area contributed by atoms with Gasteiger partial charge in [-0.05, 0) is 12.8 Å². The first-order valence-corrected chi connectivity index (χ1v) is 12.6. The van der Waals surface area contributed by atoms with E-state index in [1.165, 1.54) is 83.5 Å². The van der Waals surface area contributed by atoms with Crippen LogP contribution in [0.1, 0.15) is 136 Å². The number of hydrogen-bond acceptors (Lipinski definition) is 2. The van der Waals surface area contributed by atoms with E-state index in [0.717, 1.165) is 25.7 Å². The number of nitrogens with one attached hydrogen (secondary N) is 1. The van der Waals surface area contributed by atoms with Crippen LogP contribution in [0.3, 0.4) is 0 Å². The van der Waals surface area contributed by atoms with Gasteiger partial charge in [-0.25, -0.2) is 5.21 Å². The summed E-state index contributed by atoms with van der Waals surface area (Å²) in [5, 5.41) is 13.4. The van der Waals surface area contributed by atoms with Gasteiger partial charge in [-0.3, -0.25) is 4.79 Å². The lowest BCUT2D eigenvalue weighted by Crippen LogP contribution is -2.65. The highest BCUT2D eigenvalue weighted by molar-refractivity contribution is 5.76. The van der Waals surface area contributed by atoms with E-state index in [1.807, 2.05) is 6.92 Å². The molecule has 2 N–H and O–H groups in total. The predicted octanol–water partition coefficient (Wildman–Crippen LogP) is 7.35. The normalized spacial score (nSPS) is 14.0. The molecule has 1 amide bonds. The first-order valence-electron chi connectivity index (χ1n) is 12.6. The second kappa shape index (κ2) is 17.1. The number of carbonyl (C=O) groups is 1. The molecule has 0 aliphatic heterocycles. The molecule has 1 atom stereocenters. The molecular formula is C25H53N2O2+. The zero-order valence-corrected chi connectivity index (χ0v) is 20.5. The smallest absolute Gasteiger partial charge is 0.224 e. The lowest BCUT2D eigenvalue weighted by atomic mass is 10.0. The first-order chi connectivity index (χ1) is 13.8. The van der Waals surface area contributed by atoms with Crippen LogP contribution in [0, 0.1) is 0 Å². The maximum atomic E-state index is 12.3. The van der Waals surface area contributed by atoms with Crippen molar-refractivity contribution in [3.05, 3.63) is 0 Å². The van der Waals surface area contributed by atoms with Crippen molar-refractivity contribution >= 4 is 5.91 Å². The van der Waals surface area contributed by atoms with Crippen LogP contribution < -0.4 is 5.32 Å². The number of hydroxylamine groups is 3. The number of amides is 1. The van der Waals surface area contributed by atoms with Crippen LogP contribution >= 0.6 is 0 Å². The van der Waals surface area contributed by atoms with Gasteiger partial charge in [0.05, 0.1) is 0 Å². The van der Waals surface area contributed by atoms with Crippen LogP contribution in [-0.2, 0) is 4.79 Å². The Morgan fingerprint density at radius 2 is 1.10 bits per heavy atom. The molecule has 0 bridgehead atoms. The van der Waals surface area contributed by atoms with Crippen LogP contribution in [0.15, 0.2) is 0 Å². The maximum Gasteiger partial charge on any atom is 0.224 e. The second-order valence-electron chi connectivity index (χ2n) is 9.67. The zero-order chi connectivity index (χ0) is 22.0. The third kappa shape index (κ3) is 14.9. The number of nitrogens with zero attached hydrogens (tertiary/aromatic N) is 1. The van der Waals surface area contributed by atoms with Gasteiger partial charge in [0, 0.05) is 19.8 Å². The molecule has 0 unspecified atom stereocenters. The van der Waals surface area contributed by atoms with E-state index < -0.39 is 5.66 Å². The molecule has 0 aliphatic carbocycles. The number of unbranched alkanes of at least 4 members (excludes halogenated alkanes) is 14. The Morgan fingerprint density at radius 3 is 1.45 bits per heavy atom. The van der Waals surface area contributed by atoms with Crippen molar-refractivity contribution in [2.75, 3.05) is 14.1 Å². The molecule has 29 heavy (non-hydrogen) atoms. The van der Waals surface area contributed by atoms with Crippen molar-refractivity contribution in [3.8, 4) is 0 Å². The molecule has 0 aromatic heterocycles. The summed E-state index contributed by atoms with van der Waals surface area (Å²) in [5.41, 5.74) is -0.610. The summed E-state index contributed by atoms with van der Waals surface area (Å²) in [7, 11) is 3.45. The van der Waals surface area contributed by atoms with Crippen LogP contribution in [0.25, 0.3) is 0 Å². The average Bonchev–Trinajstić information content (AvgIpc) is 2.64. The Labute approximate surface area is 182 Å². The van der Waals surface area contributed by atoms with Crippen LogP contribution in [0.2, 0.25) is 0 Å². The summed E-state index contributed by atoms with van der Waals surface area (Å²) in [6.07, 6.45) is 22.3. The van der Waals surface area contributed by atoms with Gasteiger partial charge >= 0.3 is 0 Å². The van der Waals surface area contributed by atoms with Gasteiger partial charge in [-0.15, -0.1) is 0 Å². The molecule has 4 nitrogen and oxygen atoms in total. The topological polar surface area (TPSA) is 49.3 Å². The largest absolute Gasteiger partial charge is 0.302 e. The van der Waals surface area contributed by atoms with Crippen LogP contribution in [-0.4, -0.2) is 35.5 Å². The van der Waals surface area contributed by atoms with Crippen molar-refractivity contribution in [1.29, 1.82) is 0 Å². The van der Waals surface area contributed by atoms with Crippen molar-refractivity contribution in [2.45, 2.75) is 142 Å². The van der Waals surface area contributed by atoms with E-state index in [2.05, 4.69) is 19.2 Å². The molecule has 0 aromatic rings. The Bertz CT molecular complexity index is 393. The number of quaternary nitrogens is 1. The molecule has 0 saturated heterocycles. The Balaban J connectivity index is 3.55. The standard InChI is InChI=1S/C25H52N2O2/c1-6-8-9-10-11-12-13-14-15-16-17-18-19-20-21-22-24(28)26-25(3,23-7-2)27(4,5)29/h29H,6-23H2,1-5H3/p+1/t25-/m0/s1. The second-order valence-corrected chi connectivity index (χ2v) is 9.67. The van der Waals surface area contributed by atoms with E-state index >= 15 is 0 Å². The van der Waals surface area contributed by atoms with E-state index in [9.17, 15) is 10.0 Å². The van der Waals surface area contributed by atoms with Gasteiger partial charge in [0.25, 0.3) is 0 Å². The highest BCUT2D eigenvalue weighted by Crippen LogP contribution is 2.21. The van der Waals surface area contributed by atoms with E-state index in [4.69, 9.17) is 0 Å². The van der Waals surface area contributed by atoms with Gasteiger partial charge < -0.3 is 5.32 Å². The van der Waals surface area contributed by atoms with Gasteiger partial charge in [0.2, 0.25) is 11.6 Å². The Hall–Kier alpha value is -0.610. The van der Waals surface area contributed by atoms with Crippen molar-refractivity contribution in [3.63, 3.8) is 0 Å². The minimum absolute atomic E-state index is 0.0656. The van der Waals surface area contributed by atoms with Gasteiger partial charge in [-0.2, -0.15) is 4.65 Å². The maximum absolute atomic E-state index is 12.3. The van der Waals surface area contributed by atoms with Crippen molar-refractivity contribution in [2.24, 2.45) is 0 Å². The highest BCUT2D eigenvalue weighted by Gasteiger charge is 2.41. The molecule has 0 aromatic carbocycles. The van der Waals surface area contributed by atoms with E-state index in [1.54, 1.807) is 14.1 Å². The quantitative estimate of drug-likeness (QED) is 0.0948. The third-order valence-electron chi connectivity index (χ3n) is 6.36.